The molecule has 0 bridgehead atoms. The summed E-state index contributed by atoms with van der Waals surface area (Å²) >= 11 is 0. The van der Waals surface area contributed by atoms with Crippen LogP contribution in [-0.4, -0.2) is 33.8 Å². The van der Waals surface area contributed by atoms with E-state index in [4.69, 9.17) is 45.0 Å². The zero-order valence-electron chi connectivity index (χ0n) is 5.59. The van der Waals surface area contributed by atoms with Crippen LogP contribution < -0.4 is 15.3 Å². The first kappa shape index (κ1) is 22.6. The number of carbonyl (C=O) groups is 3. The van der Waals surface area contributed by atoms with Crippen LogP contribution in [0.2, 0.25) is 0 Å². The van der Waals surface area contributed by atoms with E-state index >= 15 is 0 Å². The molecule has 0 atom stereocenters. The van der Waals surface area contributed by atoms with E-state index in [2.05, 4.69) is 0 Å². The standard InChI is InChI=1S/3CH2O3.Au/c3*2-1(3)4;/h3*(H2,2,3,4);/q;;;+3/p-3. The summed E-state index contributed by atoms with van der Waals surface area (Å²) < 4.78 is 0. The summed E-state index contributed by atoms with van der Waals surface area (Å²) in [5.74, 6) is 0. The molecule has 80 valence electrons. The van der Waals surface area contributed by atoms with Gasteiger partial charge in [0.2, 0.25) is 18.5 Å². The van der Waals surface area contributed by atoms with Crippen LogP contribution in [0, 0.1) is 0 Å². The van der Waals surface area contributed by atoms with Crippen molar-refractivity contribution in [1.29, 1.82) is 0 Å². The van der Waals surface area contributed by atoms with Gasteiger partial charge in [-0.25, -0.2) is 0 Å². The maximum absolute atomic E-state index is 8.44. The van der Waals surface area contributed by atoms with E-state index in [1.165, 1.54) is 0 Å². The first-order valence-corrected chi connectivity index (χ1v) is 1.90. The molecule has 0 saturated heterocycles. The average molecular weight is 380 g/mol. The Hall–Kier alpha value is -1.45. The summed E-state index contributed by atoms with van der Waals surface area (Å²) in [6.07, 6.45) is -6.25. The topological polar surface area (TPSA) is 181 Å². The monoisotopic (exact) mass is 380 g/mol. The van der Waals surface area contributed by atoms with Crippen LogP contribution in [0.4, 0.5) is 14.4 Å². The first-order chi connectivity index (χ1) is 5.20. The first-order valence-electron chi connectivity index (χ1n) is 1.90. The molecule has 0 amide bonds. The van der Waals surface area contributed by atoms with Gasteiger partial charge < -0.3 is 45.0 Å². The van der Waals surface area contributed by atoms with E-state index in [9.17, 15) is 0 Å². The fraction of sp³-hybridized carbons (Fsp3) is 0. The van der Waals surface area contributed by atoms with E-state index < -0.39 is 18.5 Å². The van der Waals surface area contributed by atoms with E-state index in [-0.39, 0.29) is 22.4 Å². The molecule has 0 spiro atoms. The molecule has 0 heterocycles. The predicted octanol–water partition coefficient (Wildman–Crippen LogP) is -3.34. The van der Waals surface area contributed by atoms with Crippen molar-refractivity contribution in [3.63, 3.8) is 0 Å². The molecule has 0 aliphatic rings. The third-order valence-electron chi connectivity index (χ3n) is 0. The number of hydrogen-bond donors (Lipinski definition) is 3. The second kappa shape index (κ2) is 16.9. The molecule has 0 aliphatic carbocycles. The van der Waals surface area contributed by atoms with Crippen molar-refractivity contribution in [2.45, 2.75) is 0 Å². The molecule has 0 fully saturated rings. The Labute approximate surface area is 86.4 Å². The van der Waals surface area contributed by atoms with Gasteiger partial charge in [-0.15, -0.1) is 0 Å². The van der Waals surface area contributed by atoms with Crippen LogP contribution in [0.3, 0.4) is 0 Å². The van der Waals surface area contributed by atoms with Crippen molar-refractivity contribution in [3.05, 3.63) is 0 Å². The van der Waals surface area contributed by atoms with Crippen LogP contribution in [0.15, 0.2) is 0 Å². The second-order valence-corrected chi connectivity index (χ2v) is 0.798. The van der Waals surface area contributed by atoms with Gasteiger partial charge >= 0.3 is 22.4 Å². The van der Waals surface area contributed by atoms with Gasteiger partial charge in [-0.1, -0.05) is 0 Å². The van der Waals surface area contributed by atoms with Crippen molar-refractivity contribution in [3.8, 4) is 0 Å². The molecule has 0 radical (unpaired) electrons. The number of rotatable bonds is 0. The van der Waals surface area contributed by atoms with Crippen molar-refractivity contribution in [2.75, 3.05) is 0 Å². The van der Waals surface area contributed by atoms with Gasteiger partial charge in [0.15, 0.2) is 0 Å². The smallest absolute Gasteiger partial charge is 0.565 e. The average Bonchev–Trinajstić information content (AvgIpc) is 1.54. The van der Waals surface area contributed by atoms with Crippen molar-refractivity contribution >= 4 is 18.5 Å². The molecule has 0 aromatic carbocycles. The molecule has 0 unspecified atom stereocenters. The quantitative estimate of drug-likeness (QED) is 0.362. The summed E-state index contributed by atoms with van der Waals surface area (Å²) in [6, 6.07) is 0. The van der Waals surface area contributed by atoms with E-state index in [0.29, 0.717) is 0 Å². The minimum absolute atomic E-state index is 0. The summed E-state index contributed by atoms with van der Waals surface area (Å²) in [4.78, 5) is 25.3. The summed E-state index contributed by atoms with van der Waals surface area (Å²) in [6.45, 7) is 0. The molecule has 10 heteroatoms. The second-order valence-electron chi connectivity index (χ2n) is 0.798. The minimum Gasteiger partial charge on any atom is -0.565 e. The molecule has 0 aromatic rings. The SMILES string of the molecule is O=C([O-])O.O=C([O-])O.O=C([O-])O.[Au+3]. The van der Waals surface area contributed by atoms with Gasteiger partial charge in [0, 0.05) is 0 Å². The maximum atomic E-state index is 8.44. The maximum Gasteiger partial charge on any atom is 3.00 e. The summed E-state index contributed by atoms with van der Waals surface area (Å²) in [5.41, 5.74) is 0. The third kappa shape index (κ3) is 367. The van der Waals surface area contributed by atoms with E-state index in [1.807, 2.05) is 0 Å². The molecule has 0 aromatic heterocycles. The van der Waals surface area contributed by atoms with Crippen LogP contribution in [0.25, 0.3) is 0 Å². The Morgan fingerprint density at radius 2 is 0.692 bits per heavy atom. The Morgan fingerprint density at radius 1 is 0.692 bits per heavy atom. The van der Waals surface area contributed by atoms with Crippen molar-refractivity contribution < 1.29 is 67.4 Å². The van der Waals surface area contributed by atoms with E-state index in [1.54, 1.807) is 0 Å². The van der Waals surface area contributed by atoms with Gasteiger partial charge in [0.05, 0.1) is 0 Å². The predicted molar refractivity (Wildman–Crippen MR) is 24.1 cm³/mol. The Kier molecular flexibility index (Phi) is 29.3. The summed E-state index contributed by atoms with van der Waals surface area (Å²) in [5, 5.41) is 45.9. The zero-order chi connectivity index (χ0) is 10.7. The Morgan fingerprint density at radius 3 is 0.692 bits per heavy atom. The fourth-order valence-electron chi connectivity index (χ4n) is 0. The summed E-state index contributed by atoms with van der Waals surface area (Å²) in [7, 11) is 0. The zero-order valence-corrected chi connectivity index (χ0v) is 7.76. The molecular formula is C3H3AuO9. The van der Waals surface area contributed by atoms with E-state index in [0.717, 1.165) is 0 Å². The molecule has 0 saturated carbocycles. The van der Waals surface area contributed by atoms with Crippen molar-refractivity contribution in [2.24, 2.45) is 0 Å². The van der Waals surface area contributed by atoms with Crippen LogP contribution in [0.1, 0.15) is 0 Å². The van der Waals surface area contributed by atoms with Crippen molar-refractivity contribution in [1.82, 2.24) is 0 Å². The van der Waals surface area contributed by atoms with Gasteiger partial charge in [-0.2, -0.15) is 0 Å². The minimum atomic E-state index is -2.08. The van der Waals surface area contributed by atoms with Crippen LogP contribution in [-0.2, 0) is 22.4 Å². The van der Waals surface area contributed by atoms with Gasteiger partial charge in [0.1, 0.15) is 0 Å². The van der Waals surface area contributed by atoms with Crippen LogP contribution in [0.5, 0.6) is 0 Å². The molecule has 13 heavy (non-hydrogen) atoms. The largest absolute Gasteiger partial charge is 3.00 e. The van der Waals surface area contributed by atoms with Crippen LogP contribution >= 0.6 is 0 Å². The molecule has 0 aliphatic heterocycles. The third-order valence-corrected chi connectivity index (χ3v) is 0. The van der Waals surface area contributed by atoms with Gasteiger partial charge in [-0.3, -0.25) is 0 Å². The molecule has 3 N–H and O–H groups in total. The number of carboxylic acid groups (broad SMARTS) is 6. The van der Waals surface area contributed by atoms with Gasteiger partial charge in [-0.05, 0) is 0 Å². The van der Waals surface area contributed by atoms with Gasteiger partial charge in [0.25, 0.3) is 0 Å². The Bertz CT molecular complexity index is 112. The molecule has 0 rings (SSSR count). The molecule has 9 nitrogen and oxygen atoms in total. The number of hydrogen-bond acceptors (Lipinski definition) is 6. The molecular weight excluding hydrogens is 377 g/mol. The fourth-order valence-corrected chi connectivity index (χ4v) is 0. The normalized spacial score (nSPS) is 5.54. The Balaban J connectivity index is -0.0000000450.